The van der Waals surface area contributed by atoms with E-state index in [4.69, 9.17) is 4.74 Å². The lowest BCUT2D eigenvalue weighted by molar-refractivity contribution is 0.0186. The van der Waals surface area contributed by atoms with Crippen LogP contribution in [0.1, 0.15) is 64.7 Å². The zero-order valence-electron chi connectivity index (χ0n) is 11.4. The molecule has 0 atom stereocenters. The van der Waals surface area contributed by atoms with E-state index in [0.717, 1.165) is 25.1 Å². The Balaban J connectivity index is 1.43. The van der Waals surface area contributed by atoms with Crippen LogP contribution in [0.2, 0.25) is 0 Å². The van der Waals surface area contributed by atoms with Gasteiger partial charge in [-0.3, -0.25) is 0 Å². The minimum absolute atomic E-state index is 0.567. The van der Waals surface area contributed by atoms with Gasteiger partial charge in [-0.2, -0.15) is 0 Å². The highest BCUT2D eigenvalue weighted by molar-refractivity contribution is 4.73. The molecule has 1 N–H and O–H groups in total. The van der Waals surface area contributed by atoms with Crippen molar-refractivity contribution >= 4 is 0 Å². The lowest BCUT2D eigenvalue weighted by atomic mass is 9.89. The summed E-state index contributed by atoms with van der Waals surface area (Å²) >= 11 is 0. The van der Waals surface area contributed by atoms with E-state index in [-0.39, 0.29) is 0 Å². The molecule has 0 heterocycles. The van der Waals surface area contributed by atoms with E-state index < -0.39 is 0 Å². The summed E-state index contributed by atoms with van der Waals surface area (Å²) in [7, 11) is 0. The Labute approximate surface area is 107 Å². The van der Waals surface area contributed by atoms with Gasteiger partial charge >= 0.3 is 0 Å². The topological polar surface area (TPSA) is 21.3 Å². The van der Waals surface area contributed by atoms with Gasteiger partial charge in [0.25, 0.3) is 0 Å². The molecular weight excluding hydrogens is 210 g/mol. The molecule has 0 spiro atoms. The summed E-state index contributed by atoms with van der Waals surface area (Å²) < 4.78 is 5.96. The molecule has 17 heavy (non-hydrogen) atoms. The Morgan fingerprint density at radius 2 is 1.71 bits per heavy atom. The Morgan fingerprint density at radius 1 is 1.00 bits per heavy atom. The summed E-state index contributed by atoms with van der Waals surface area (Å²) in [6.45, 7) is 4.47. The average Bonchev–Trinajstić information content (AvgIpc) is 2.84. The van der Waals surface area contributed by atoms with E-state index >= 15 is 0 Å². The molecule has 0 unspecified atom stereocenters. The standard InChI is InChI=1S/C15H29NO/c1-13-7-9-15(10-8-13)17-12-4-11-16-14-5-2-3-6-14/h13-16H,2-12H2,1H3. The van der Waals surface area contributed by atoms with Crippen LogP contribution in [0.3, 0.4) is 0 Å². The summed E-state index contributed by atoms with van der Waals surface area (Å²) in [4.78, 5) is 0. The lowest BCUT2D eigenvalue weighted by Gasteiger charge is -2.26. The second-order valence-corrected chi connectivity index (χ2v) is 6.04. The fourth-order valence-electron chi connectivity index (χ4n) is 3.15. The van der Waals surface area contributed by atoms with Crippen molar-refractivity contribution in [1.82, 2.24) is 5.32 Å². The van der Waals surface area contributed by atoms with Crippen molar-refractivity contribution in [2.45, 2.75) is 76.9 Å². The smallest absolute Gasteiger partial charge is 0.0575 e. The molecular formula is C15H29NO. The Kier molecular flexibility index (Phi) is 5.79. The molecule has 100 valence electrons. The summed E-state index contributed by atoms with van der Waals surface area (Å²) in [5.41, 5.74) is 0. The first-order valence-electron chi connectivity index (χ1n) is 7.69. The van der Waals surface area contributed by atoms with Crippen LogP contribution in [0, 0.1) is 5.92 Å². The first kappa shape index (κ1) is 13.4. The first-order chi connectivity index (χ1) is 8.34. The van der Waals surface area contributed by atoms with Crippen molar-refractivity contribution in [3.8, 4) is 0 Å². The maximum atomic E-state index is 5.96. The maximum absolute atomic E-state index is 5.96. The van der Waals surface area contributed by atoms with Crippen LogP contribution in [0.25, 0.3) is 0 Å². The Bertz CT molecular complexity index is 193. The SMILES string of the molecule is CC1CCC(OCCCNC2CCCC2)CC1. The first-order valence-corrected chi connectivity index (χ1v) is 7.69. The second-order valence-electron chi connectivity index (χ2n) is 6.04. The number of ether oxygens (including phenoxy) is 1. The molecule has 2 nitrogen and oxygen atoms in total. The Morgan fingerprint density at radius 3 is 2.41 bits per heavy atom. The minimum atomic E-state index is 0.567. The highest BCUT2D eigenvalue weighted by Crippen LogP contribution is 2.25. The third kappa shape index (κ3) is 4.97. The van der Waals surface area contributed by atoms with Crippen LogP contribution in [-0.4, -0.2) is 25.3 Å². The van der Waals surface area contributed by atoms with Gasteiger partial charge in [-0.25, -0.2) is 0 Å². The largest absolute Gasteiger partial charge is 0.378 e. The van der Waals surface area contributed by atoms with Gasteiger partial charge in [-0.15, -0.1) is 0 Å². The molecule has 0 radical (unpaired) electrons. The van der Waals surface area contributed by atoms with Crippen LogP contribution < -0.4 is 5.32 Å². The molecule has 0 aromatic heterocycles. The fourth-order valence-corrected chi connectivity index (χ4v) is 3.15. The normalized spacial score (nSPS) is 30.9. The molecule has 2 rings (SSSR count). The van der Waals surface area contributed by atoms with Crippen molar-refractivity contribution in [3.63, 3.8) is 0 Å². The van der Waals surface area contributed by atoms with Gasteiger partial charge in [0, 0.05) is 12.6 Å². The van der Waals surface area contributed by atoms with Crippen LogP contribution in [0.5, 0.6) is 0 Å². The predicted octanol–water partition coefficient (Wildman–Crippen LogP) is 3.50. The molecule has 0 aromatic carbocycles. The van der Waals surface area contributed by atoms with E-state index in [9.17, 15) is 0 Å². The van der Waals surface area contributed by atoms with Gasteiger partial charge in [0.15, 0.2) is 0 Å². The molecule has 2 heteroatoms. The maximum Gasteiger partial charge on any atom is 0.0575 e. The monoisotopic (exact) mass is 239 g/mol. The van der Waals surface area contributed by atoms with Crippen LogP contribution in [0.15, 0.2) is 0 Å². The molecule has 0 aromatic rings. The minimum Gasteiger partial charge on any atom is -0.378 e. The molecule has 2 saturated carbocycles. The van der Waals surface area contributed by atoms with Crippen molar-refractivity contribution in [3.05, 3.63) is 0 Å². The predicted molar refractivity (Wildman–Crippen MR) is 72.2 cm³/mol. The number of rotatable bonds is 6. The van der Waals surface area contributed by atoms with E-state index in [1.165, 1.54) is 57.8 Å². The van der Waals surface area contributed by atoms with Crippen LogP contribution in [0.4, 0.5) is 0 Å². The molecule has 2 aliphatic carbocycles. The highest BCUT2D eigenvalue weighted by Gasteiger charge is 2.18. The second kappa shape index (κ2) is 7.38. The van der Waals surface area contributed by atoms with Gasteiger partial charge < -0.3 is 10.1 Å². The quantitative estimate of drug-likeness (QED) is 0.716. The number of hydrogen-bond acceptors (Lipinski definition) is 2. The average molecular weight is 239 g/mol. The van der Waals surface area contributed by atoms with Gasteiger partial charge in [0.1, 0.15) is 0 Å². The van der Waals surface area contributed by atoms with Gasteiger partial charge in [-0.05, 0) is 57.4 Å². The van der Waals surface area contributed by atoms with Gasteiger partial charge in [0.05, 0.1) is 6.10 Å². The van der Waals surface area contributed by atoms with E-state index in [2.05, 4.69) is 12.2 Å². The highest BCUT2D eigenvalue weighted by atomic mass is 16.5. The third-order valence-electron chi connectivity index (χ3n) is 4.43. The van der Waals surface area contributed by atoms with E-state index in [0.29, 0.717) is 6.10 Å². The van der Waals surface area contributed by atoms with Crippen molar-refractivity contribution in [2.75, 3.05) is 13.2 Å². The summed E-state index contributed by atoms with van der Waals surface area (Å²) in [5, 5.41) is 3.65. The molecule has 0 aliphatic heterocycles. The number of hydrogen-bond donors (Lipinski definition) is 1. The fraction of sp³-hybridized carbons (Fsp3) is 1.00. The summed E-state index contributed by atoms with van der Waals surface area (Å²) in [6.07, 6.45) is 12.7. The summed E-state index contributed by atoms with van der Waals surface area (Å²) in [6, 6.07) is 0.811. The van der Waals surface area contributed by atoms with Gasteiger partial charge in [0.2, 0.25) is 0 Å². The van der Waals surface area contributed by atoms with E-state index in [1.54, 1.807) is 0 Å². The molecule has 2 fully saturated rings. The molecule has 0 bridgehead atoms. The van der Waals surface area contributed by atoms with Crippen LogP contribution in [-0.2, 0) is 4.74 Å². The van der Waals surface area contributed by atoms with Crippen molar-refractivity contribution < 1.29 is 4.74 Å². The third-order valence-corrected chi connectivity index (χ3v) is 4.43. The van der Waals surface area contributed by atoms with Gasteiger partial charge in [-0.1, -0.05) is 19.8 Å². The number of nitrogens with one attached hydrogen (secondary N) is 1. The Hall–Kier alpha value is -0.0800. The zero-order valence-corrected chi connectivity index (χ0v) is 11.4. The summed E-state index contributed by atoms with van der Waals surface area (Å²) in [5.74, 6) is 0.930. The van der Waals surface area contributed by atoms with Crippen molar-refractivity contribution in [2.24, 2.45) is 5.92 Å². The molecule has 2 aliphatic rings. The van der Waals surface area contributed by atoms with Crippen molar-refractivity contribution in [1.29, 1.82) is 0 Å². The molecule has 0 saturated heterocycles. The molecule has 0 amide bonds. The lowest BCUT2D eigenvalue weighted by Crippen LogP contribution is -2.28. The van der Waals surface area contributed by atoms with E-state index in [1.807, 2.05) is 0 Å². The zero-order chi connectivity index (χ0) is 11.9. The van der Waals surface area contributed by atoms with Crippen LogP contribution >= 0.6 is 0 Å².